The topological polar surface area (TPSA) is 135 Å². The number of amides is 1. The predicted molar refractivity (Wildman–Crippen MR) is 96.1 cm³/mol. The molecule has 0 atom stereocenters. The van der Waals surface area contributed by atoms with Crippen LogP contribution in [0.1, 0.15) is 34.9 Å². The first-order valence-electron chi connectivity index (χ1n) is 8.34. The van der Waals surface area contributed by atoms with Gasteiger partial charge in [-0.15, -0.1) is 0 Å². The van der Waals surface area contributed by atoms with E-state index in [0.29, 0.717) is 24.4 Å². The van der Waals surface area contributed by atoms with Gasteiger partial charge in [0, 0.05) is 13.6 Å². The summed E-state index contributed by atoms with van der Waals surface area (Å²) in [7, 11) is -2.35. The van der Waals surface area contributed by atoms with Crippen molar-refractivity contribution in [3.8, 4) is 5.75 Å². The third-order valence-electron chi connectivity index (χ3n) is 4.25. The van der Waals surface area contributed by atoms with E-state index in [-0.39, 0.29) is 24.8 Å². The number of carbonyl (C=O) groups excluding carboxylic acids is 1. The maximum Gasteiger partial charge on any atom is 0.297 e. The normalized spacial score (nSPS) is 16.3. The van der Waals surface area contributed by atoms with Crippen molar-refractivity contribution in [1.29, 1.82) is 0 Å². The van der Waals surface area contributed by atoms with E-state index in [1.807, 2.05) is 0 Å². The molecule has 1 aliphatic heterocycles. The number of sulfonamides is 1. The highest BCUT2D eigenvalue weighted by atomic mass is 32.2. The number of anilines is 1. The van der Waals surface area contributed by atoms with Gasteiger partial charge in [0.25, 0.3) is 11.5 Å². The molecule has 3 heterocycles. The quantitative estimate of drug-likeness (QED) is 0.756. The molecule has 2 aromatic rings. The van der Waals surface area contributed by atoms with Crippen molar-refractivity contribution in [3.63, 3.8) is 0 Å². The molecule has 1 fully saturated rings. The maximum atomic E-state index is 12.4. The third-order valence-corrected chi connectivity index (χ3v) is 6.07. The van der Waals surface area contributed by atoms with Gasteiger partial charge in [-0.05, 0) is 31.9 Å². The van der Waals surface area contributed by atoms with Gasteiger partial charge in [-0.3, -0.25) is 14.2 Å². The summed E-state index contributed by atoms with van der Waals surface area (Å²) in [5.41, 5.74) is -1.43. The van der Waals surface area contributed by atoms with Crippen LogP contribution in [-0.2, 0) is 23.6 Å². The van der Waals surface area contributed by atoms with Gasteiger partial charge in [0.15, 0.2) is 5.69 Å². The lowest BCUT2D eigenvalue weighted by atomic mass is 10.3. The monoisotopic (exact) mass is 396 g/mol. The molecule has 3 rings (SSSR count). The summed E-state index contributed by atoms with van der Waals surface area (Å²) >= 11 is 0. The molecule has 0 aliphatic carbocycles. The van der Waals surface area contributed by atoms with Gasteiger partial charge in [-0.25, -0.2) is 17.7 Å². The van der Waals surface area contributed by atoms with E-state index in [2.05, 4.69) is 10.3 Å². The van der Waals surface area contributed by atoms with Crippen LogP contribution in [0.5, 0.6) is 5.75 Å². The Morgan fingerprint density at radius 2 is 2.11 bits per heavy atom. The van der Waals surface area contributed by atoms with Crippen molar-refractivity contribution < 1.29 is 22.7 Å². The fourth-order valence-electron chi connectivity index (χ4n) is 2.81. The van der Waals surface area contributed by atoms with Gasteiger partial charge in [0.1, 0.15) is 11.5 Å². The van der Waals surface area contributed by atoms with Gasteiger partial charge in [0.05, 0.1) is 12.3 Å². The molecule has 0 unspecified atom stereocenters. The van der Waals surface area contributed by atoms with E-state index in [1.165, 1.54) is 7.05 Å². The molecule has 1 saturated heterocycles. The van der Waals surface area contributed by atoms with Crippen LogP contribution in [0.15, 0.2) is 21.3 Å². The molecular formula is C16H20N4O6S. The lowest BCUT2D eigenvalue weighted by Crippen LogP contribution is -2.42. The number of rotatable bonds is 4. The van der Waals surface area contributed by atoms with E-state index in [4.69, 9.17) is 4.42 Å². The average molecular weight is 396 g/mol. The number of nitrogens with one attached hydrogen (secondary N) is 1. The summed E-state index contributed by atoms with van der Waals surface area (Å²) in [4.78, 5) is 28.7. The summed E-state index contributed by atoms with van der Waals surface area (Å²) in [5, 5.41) is 12.6. The molecule has 11 heteroatoms. The van der Waals surface area contributed by atoms with Crippen molar-refractivity contribution in [2.45, 2.75) is 26.3 Å². The van der Waals surface area contributed by atoms with Crippen LogP contribution < -0.4 is 15.2 Å². The number of carbonyl (C=O) groups is 1. The Kier molecular flexibility index (Phi) is 4.96. The van der Waals surface area contributed by atoms with Crippen LogP contribution in [0.25, 0.3) is 0 Å². The van der Waals surface area contributed by atoms with Crippen LogP contribution in [0, 0.1) is 6.92 Å². The van der Waals surface area contributed by atoms with Gasteiger partial charge >= 0.3 is 0 Å². The first-order chi connectivity index (χ1) is 12.7. The Bertz CT molecular complexity index is 1040. The van der Waals surface area contributed by atoms with Gasteiger partial charge in [0.2, 0.25) is 21.7 Å². The molecule has 2 N–H and O–H groups in total. The van der Waals surface area contributed by atoms with E-state index in [9.17, 15) is 23.1 Å². The Balaban J connectivity index is 1.94. The zero-order valence-corrected chi connectivity index (χ0v) is 15.7. The molecule has 0 saturated carbocycles. The Labute approximate surface area is 155 Å². The van der Waals surface area contributed by atoms with Crippen LogP contribution >= 0.6 is 0 Å². The van der Waals surface area contributed by atoms with E-state index < -0.39 is 32.9 Å². The molecule has 0 aromatic carbocycles. The van der Waals surface area contributed by atoms with Gasteiger partial charge < -0.3 is 14.8 Å². The van der Waals surface area contributed by atoms with Crippen molar-refractivity contribution >= 4 is 21.9 Å². The lowest BCUT2D eigenvalue weighted by Gasteiger charge is -2.28. The molecule has 1 amide bonds. The fourth-order valence-corrected chi connectivity index (χ4v) is 4.41. The SMILES string of the molecule is Cc1ccc(CNC(=O)c2nc(N3CCCCS3(=O)=O)n(C)c(=O)c2O)o1. The highest BCUT2D eigenvalue weighted by Crippen LogP contribution is 2.22. The standard InChI is InChI=1S/C16H20N4O6S/c1-10-5-6-11(26-10)9-17-14(22)12-13(21)15(23)19(2)16(18-12)20-7-3-4-8-27(20,24)25/h5-6,21H,3-4,7-9H2,1-2H3,(H,17,22). The Morgan fingerprint density at radius 3 is 2.74 bits per heavy atom. The van der Waals surface area contributed by atoms with Crippen molar-refractivity contribution in [2.24, 2.45) is 7.05 Å². The summed E-state index contributed by atoms with van der Waals surface area (Å²) in [5.74, 6) is -0.757. The van der Waals surface area contributed by atoms with Crippen LogP contribution in [0.4, 0.5) is 5.95 Å². The molecule has 10 nitrogen and oxygen atoms in total. The highest BCUT2D eigenvalue weighted by Gasteiger charge is 2.31. The lowest BCUT2D eigenvalue weighted by molar-refractivity contribution is 0.0939. The largest absolute Gasteiger partial charge is 0.501 e. The smallest absolute Gasteiger partial charge is 0.297 e. The highest BCUT2D eigenvalue weighted by molar-refractivity contribution is 7.92. The van der Waals surface area contributed by atoms with E-state index >= 15 is 0 Å². The van der Waals surface area contributed by atoms with Gasteiger partial charge in [-0.2, -0.15) is 0 Å². The average Bonchev–Trinajstić information content (AvgIpc) is 3.03. The molecular weight excluding hydrogens is 376 g/mol. The number of nitrogens with zero attached hydrogens (tertiary/aromatic N) is 3. The molecule has 0 bridgehead atoms. The first kappa shape index (κ1) is 19.0. The molecule has 146 valence electrons. The second-order valence-corrected chi connectivity index (χ2v) is 8.28. The van der Waals surface area contributed by atoms with Gasteiger partial charge in [-0.1, -0.05) is 0 Å². The number of hydrogen-bond donors (Lipinski definition) is 2. The zero-order valence-electron chi connectivity index (χ0n) is 14.9. The number of furan rings is 1. The minimum atomic E-state index is -3.64. The van der Waals surface area contributed by atoms with Crippen LogP contribution in [0.2, 0.25) is 0 Å². The minimum absolute atomic E-state index is 0.0281. The summed E-state index contributed by atoms with van der Waals surface area (Å²) in [6, 6.07) is 3.41. The van der Waals surface area contributed by atoms with Crippen LogP contribution in [0.3, 0.4) is 0 Å². The zero-order chi connectivity index (χ0) is 19.8. The van der Waals surface area contributed by atoms with E-state index in [1.54, 1.807) is 19.1 Å². The first-order valence-corrected chi connectivity index (χ1v) is 9.95. The predicted octanol–water partition coefficient (Wildman–Crippen LogP) is 0.247. The van der Waals surface area contributed by atoms with E-state index in [0.717, 1.165) is 8.87 Å². The van der Waals surface area contributed by atoms with Crippen LogP contribution in [-0.4, -0.2) is 41.3 Å². The second kappa shape index (κ2) is 7.06. The molecule has 27 heavy (non-hydrogen) atoms. The molecule has 1 aliphatic rings. The summed E-state index contributed by atoms with van der Waals surface area (Å²) in [6.45, 7) is 1.94. The Hall–Kier alpha value is -2.82. The van der Waals surface area contributed by atoms with Crippen molar-refractivity contribution in [3.05, 3.63) is 39.7 Å². The number of aromatic nitrogens is 2. The Morgan fingerprint density at radius 1 is 1.37 bits per heavy atom. The number of aromatic hydroxyl groups is 1. The number of aryl methyl sites for hydroxylation is 1. The summed E-state index contributed by atoms with van der Waals surface area (Å²) in [6.07, 6.45) is 1.12. The third kappa shape index (κ3) is 3.68. The fraction of sp³-hybridized carbons (Fsp3) is 0.438. The molecule has 0 spiro atoms. The van der Waals surface area contributed by atoms with Crippen molar-refractivity contribution in [2.75, 3.05) is 16.6 Å². The number of hydrogen-bond acceptors (Lipinski definition) is 7. The molecule has 0 radical (unpaired) electrons. The second-order valence-electron chi connectivity index (χ2n) is 6.26. The summed E-state index contributed by atoms with van der Waals surface area (Å²) < 4.78 is 31.9. The minimum Gasteiger partial charge on any atom is -0.501 e. The maximum absolute atomic E-state index is 12.4. The molecule has 2 aromatic heterocycles. The van der Waals surface area contributed by atoms with Crippen molar-refractivity contribution in [1.82, 2.24) is 14.9 Å².